The zero-order valence-corrected chi connectivity index (χ0v) is 12.5. The van der Waals surface area contributed by atoms with Gasteiger partial charge >= 0.3 is 21.7 Å². The second-order valence-corrected chi connectivity index (χ2v) is 4.00. The van der Waals surface area contributed by atoms with Crippen molar-refractivity contribution in [2.24, 2.45) is 0 Å². The molecular weight excluding hydrogens is 234 g/mol. The molecule has 0 bridgehead atoms. The van der Waals surface area contributed by atoms with Crippen LogP contribution in [0.5, 0.6) is 0 Å². The molecule has 1 N–H and O–H groups in total. The third kappa shape index (κ3) is 19.7. The van der Waals surface area contributed by atoms with Crippen LogP contribution >= 0.6 is 0 Å². The molecule has 0 radical (unpaired) electrons. The fourth-order valence-corrected chi connectivity index (χ4v) is 1.60. The van der Waals surface area contributed by atoms with Crippen LogP contribution < -0.4 is 0 Å². The van der Waals surface area contributed by atoms with E-state index >= 15 is 0 Å². The molecule has 0 aromatic carbocycles. The van der Waals surface area contributed by atoms with Crippen LogP contribution in [-0.2, 0) is 26.5 Å². The number of amides is 1. The summed E-state index contributed by atoms with van der Waals surface area (Å²) in [5.41, 5.74) is 6.73. The Bertz CT molecular complexity index is 140. The monoisotopic (exact) mass is 261 g/mol. The van der Waals surface area contributed by atoms with Crippen molar-refractivity contribution in [2.75, 3.05) is 0 Å². The molecular formula is C13H27NOTi. The van der Waals surface area contributed by atoms with E-state index in [1.54, 1.807) is 0 Å². The van der Waals surface area contributed by atoms with Gasteiger partial charge in [0, 0.05) is 5.91 Å². The average Bonchev–Trinajstić information content (AvgIpc) is 2.15. The van der Waals surface area contributed by atoms with E-state index in [4.69, 9.17) is 5.73 Å². The Kier molecular flexibility index (Phi) is 23.6. The number of hydrogen-bond donors (Lipinski definition) is 0. The Balaban J connectivity index is -0.000000845. The molecule has 0 fully saturated rings. The van der Waals surface area contributed by atoms with E-state index in [9.17, 15) is 4.79 Å². The minimum atomic E-state index is -0.409. The second kappa shape index (κ2) is 17.6. The van der Waals surface area contributed by atoms with E-state index in [1.807, 2.05) is 0 Å². The van der Waals surface area contributed by atoms with E-state index < -0.39 is 5.91 Å². The minimum Gasteiger partial charge on any atom is -0.668 e. The number of nitrogens with one attached hydrogen (secondary N) is 1. The topological polar surface area (TPSA) is 40.9 Å². The number of rotatable bonds is 10. The van der Waals surface area contributed by atoms with Gasteiger partial charge in [-0.15, -0.1) is 0 Å². The predicted molar refractivity (Wildman–Crippen MR) is 67.6 cm³/mol. The first kappa shape index (κ1) is 21.5. The molecule has 0 saturated carbocycles. The zero-order valence-electron chi connectivity index (χ0n) is 11.0. The number of unbranched alkanes of at least 4 members (excludes halogenated alkanes) is 8. The molecule has 0 heterocycles. The molecule has 0 unspecified atom stereocenters. The molecule has 94 valence electrons. The molecule has 16 heavy (non-hydrogen) atoms. The molecule has 0 aliphatic heterocycles. The summed E-state index contributed by atoms with van der Waals surface area (Å²) in [6.07, 6.45) is 11.8. The third-order valence-electron chi connectivity index (χ3n) is 2.51. The first-order chi connectivity index (χ1) is 6.77. The number of hydrogen-bond acceptors (Lipinski definition) is 1. The standard InChI is InChI=1S/C12H25NO.CH3.Ti/c1-2-3-4-5-6-7-8-9-10-11-12(13)14;;/h2-11H2,1H3,(H2,13,14);1H3;/q;-1;+2/p-1. The van der Waals surface area contributed by atoms with Gasteiger partial charge in [-0.1, -0.05) is 58.3 Å². The molecule has 0 spiro atoms. The van der Waals surface area contributed by atoms with Crippen molar-refractivity contribution in [3.05, 3.63) is 13.2 Å². The molecule has 0 atom stereocenters. The SMILES string of the molecule is CCCCCCCCCCCC([NH-])=O.[CH3-].[Ti+2]. The summed E-state index contributed by atoms with van der Waals surface area (Å²) in [6.45, 7) is 2.23. The predicted octanol–water partition coefficient (Wildman–Crippen LogP) is 4.93. The summed E-state index contributed by atoms with van der Waals surface area (Å²) in [5, 5.41) is 0. The molecule has 0 rings (SSSR count). The Morgan fingerprint density at radius 3 is 1.62 bits per heavy atom. The maximum Gasteiger partial charge on any atom is 2.00 e. The molecule has 0 aliphatic carbocycles. The Hall–Kier alpha value is 0.184. The van der Waals surface area contributed by atoms with E-state index in [-0.39, 0.29) is 29.1 Å². The molecule has 1 amide bonds. The van der Waals surface area contributed by atoms with Crippen molar-refractivity contribution >= 4 is 5.91 Å². The quantitative estimate of drug-likeness (QED) is 0.312. The summed E-state index contributed by atoms with van der Waals surface area (Å²) >= 11 is 0. The summed E-state index contributed by atoms with van der Waals surface area (Å²) in [6, 6.07) is 0. The van der Waals surface area contributed by atoms with Crippen molar-refractivity contribution < 1.29 is 26.5 Å². The number of carbonyl (C=O) groups is 1. The Morgan fingerprint density at radius 1 is 0.875 bits per heavy atom. The third-order valence-corrected chi connectivity index (χ3v) is 2.51. The van der Waals surface area contributed by atoms with E-state index in [2.05, 4.69) is 6.92 Å². The maximum absolute atomic E-state index is 10.3. The van der Waals surface area contributed by atoms with E-state index in [1.165, 1.54) is 44.9 Å². The van der Waals surface area contributed by atoms with Crippen LogP contribution in [0.15, 0.2) is 0 Å². The molecule has 3 heteroatoms. The summed E-state index contributed by atoms with van der Waals surface area (Å²) in [4.78, 5) is 10.3. The molecule has 2 nitrogen and oxygen atoms in total. The van der Waals surface area contributed by atoms with E-state index in [0.717, 1.165) is 12.8 Å². The average molecular weight is 261 g/mol. The van der Waals surface area contributed by atoms with Crippen molar-refractivity contribution in [1.29, 1.82) is 0 Å². The van der Waals surface area contributed by atoms with Crippen LogP contribution in [0.25, 0.3) is 5.73 Å². The zero-order chi connectivity index (χ0) is 10.6. The first-order valence-corrected chi connectivity index (χ1v) is 6.01. The van der Waals surface area contributed by atoms with Gasteiger partial charge in [0.1, 0.15) is 0 Å². The minimum absolute atomic E-state index is 0. The van der Waals surface area contributed by atoms with Gasteiger partial charge in [0.05, 0.1) is 0 Å². The van der Waals surface area contributed by atoms with E-state index in [0.29, 0.717) is 6.42 Å². The van der Waals surface area contributed by atoms with Crippen molar-refractivity contribution in [1.82, 2.24) is 0 Å². The van der Waals surface area contributed by atoms with Crippen molar-refractivity contribution in [3.63, 3.8) is 0 Å². The van der Waals surface area contributed by atoms with Gasteiger partial charge in [0.25, 0.3) is 0 Å². The van der Waals surface area contributed by atoms with Crippen LogP contribution in [0.4, 0.5) is 0 Å². The first-order valence-electron chi connectivity index (χ1n) is 6.01. The smallest absolute Gasteiger partial charge is 0.668 e. The van der Waals surface area contributed by atoms with Gasteiger partial charge in [-0.05, 0) is 12.8 Å². The van der Waals surface area contributed by atoms with Crippen LogP contribution in [0.1, 0.15) is 71.1 Å². The number of carbonyl (C=O) groups excluding carboxylic acids is 1. The summed E-state index contributed by atoms with van der Waals surface area (Å²) in [7, 11) is 0. The van der Waals surface area contributed by atoms with Gasteiger partial charge in [0.2, 0.25) is 0 Å². The normalized spacial score (nSPS) is 9.06. The van der Waals surface area contributed by atoms with Crippen molar-refractivity contribution in [2.45, 2.75) is 71.1 Å². The van der Waals surface area contributed by atoms with Crippen LogP contribution in [0.3, 0.4) is 0 Å². The Labute approximate surface area is 117 Å². The van der Waals surface area contributed by atoms with Gasteiger partial charge in [-0.25, -0.2) is 0 Å². The molecule has 0 aromatic heterocycles. The Morgan fingerprint density at radius 2 is 1.25 bits per heavy atom. The van der Waals surface area contributed by atoms with Crippen LogP contribution in [-0.4, -0.2) is 5.91 Å². The fraction of sp³-hybridized carbons (Fsp3) is 0.846. The largest absolute Gasteiger partial charge is 2.00 e. The maximum atomic E-state index is 10.3. The van der Waals surface area contributed by atoms with Crippen LogP contribution in [0, 0.1) is 7.43 Å². The van der Waals surface area contributed by atoms with Gasteiger partial charge < -0.3 is 18.0 Å². The van der Waals surface area contributed by atoms with Gasteiger partial charge in [0.15, 0.2) is 0 Å². The van der Waals surface area contributed by atoms with Gasteiger partial charge in [-0.3, -0.25) is 0 Å². The van der Waals surface area contributed by atoms with Gasteiger partial charge in [-0.2, -0.15) is 0 Å². The fourth-order valence-electron chi connectivity index (χ4n) is 1.60. The molecule has 0 aliphatic rings. The van der Waals surface area contributed by atoms with Crippen molar-refractivity contribution in [3.8, 4) is 0 Å². The molecule has 0 saturated heterocycles. The second-order valence-electron chi connectivity index (χ2n) is 4.00. The summed E-state index contributed by atoms with van der Waals surface area (Å²) < 4.78 is 0. The van der Waals surface area contributed by atoms with Crippen LogP contribution in [0.2, 0.25) is 0 Å². The molecule has 0 aromatic rings. The summed E-state index contributed by atoms with van der Waals surface area (Å²) in [5.74, 6) is -0.409.